The molecule has 0 saturated carbocycles. The van der Waals surface area contributed by atoms with Gasteiger partial charge in [-0.2, -0.15) is 0 Å². The van der Waals surface area contributed by atoms with Crippen LogP contribution in [0.1, 0.15) is 19.1 Å². The van der Waals surface area contributed by atoms with E-state index in [0.717, 1.165) is 6.42 Å². The van der Waals surface area contributed by atoms with Crippen LogP contribution >= 0.6 is 0 Å². The van der Waals surface area contributed by atoms with Gasteiger partial charge in [0.2, 0.25) is 0 Å². The van der Waals surface area contributed by atoms with Gasteiger partial charge in [0.1, 0.15) is 30.7 Å². The molecule has 0 radical (unpaired) electrons. The molecule has 0 bridgehead atoms. The third kappa shape index (κ3) is 2.51. The molecule has 2 aliphatic heterocycles. The predicted octanol–water partition coefficient (Wildman–Crippen LogP) is -1.51. The number of fused-ring (bicyclic) bond motifs is 1. The first-order chi connectivity index (χ1) is 12.5. The van der Waals surface area contributed by atoms with Gasteiger partial charge < -0.3 is 30.1 Å². The van der Waals surface area contributed by atoms with Crippen molar-refractivity contribution in [3.8, 4) is 0 Å². The van der Waals surface area contributed by atoms with Gasteiger partial charge in [0.15, 0.2) is 23.2 Å². The number of anilines is 1. The van der Waals surface area contributed by atoms with Gasteiger partial charge in [-0.05, 0) is 12.8 Å². The van der Waals surface area contributed by atoms with Gasteiger partial charge in [0.05, 0.1) is 12.9 Å². The van der Waals surface area contributed by atoms with Gasteiger partial charge in [-0.1, -0.05) is 0 Å². The van der Waals surface area contributed by atoms with E-state index in [9.17, 15) is 25.2 Å². The number of carboxylic acid groups (broad SMARTS) is 1. The lowest BCUT2D eigenvalue weighted by Crippen LogP contribution is -2.36. The molecule has 11 nitrogen and oxygen atoms in total. The number of rotatable bonds is 4. The van der Waals surface area contributed by atoms with Crippen LogP contribution in [0.25, 0.3) is 11.2 Å². The van der Waals surface area contributed by atoms with Crippen LogP contribution in [-0.2, 0) is 9.53 Å². The molecular formula is C15H19N5O6. The monoisotopic (exact) mass is 365 g/mol. The van der Waals surface area contributed by atoms with Crippen molar-refractivity contribution in [2.45, 2.75) is 43.4 Å². The maximum absolute atomic E-state index is 11.5. The Morgan fingerprint density at radius 3 is 2.77 bits per heavy atom. The van der Waals surface area contributed by atoms with E-state index in [1.165, 1.54) is 17.2 Å². The second-order valence-corrected chi connectivity index (χ2v) is 6.44. The van der Waals surface area contributed by atoms with Crippen LogP contribution in [-0.4, -0.2) is 83.4 Å². The predicted molar refractivity (Wildman–Crippen MR) is 86.3 cm³/mol. The Bertz CT molecular complexity index is 828. The van der Waals surface area contributed by atoms with Crippen molar-refractivity contribution in [2.75, 3.05) is 18.1 Å². The zero-order valence-corrected chi connectivity index (χ0v) is 13.7. The minimum atomic E-state index is -1.26. The molecule has 4 N–H and O–H groups in total. The lowest BCUT2D eigenvalue weighted by Gasteiger charge is -2.22. The van der Waals surface area contributed by atoms with Gasteiger partial charge in [-0.3, -0.25) is 4.57 Å². The standard InChI is InChI=1S/C15H19N5O6/c21-4-8-10(22)11(23)14(26-8)20-6-18-9-12(16-5-17-13(9)20)19-3-1-2-7(19)15(24)25/h5-8,10-11,14,21-23H,1-4H2,(H,24,25)/t7-,8-,10?,11?,14-/m1/s1. The molecule has 5 atom stereocenters. The molecule has 0 amide bonds. The van der Waals surface area contributed by atoms with Crippen LogP contribution in [0.5, 0.6) is 0 Å². The number of nitrogens with zero attached hydrogens (tertiary/aromatic N) is 5. The summed E-state index contributed by atoms with van der Waals surface area (Å²) in [5, 5.41) is 38.8. The number of imidazole rings is 1. The number of hydrogen-bond donors (Lipinski definition) is 4. The van der Waals surface area contributed by atoms with Crippen molar-refractivity contribution >= 4 is 23.0 Å². The number of aliphatic carboxylic acids is 1. The zero-order valence-electron chi connectivity index (χ0n) is 13.7. The van der Waals surface area contributed by atoms with Crippen molar-refractivity contribution in [2.24, 2.45) is 0 Å². The fourth-order valence-electron chi connectivity index (χ4n) is 3.62. The molecule has 2 fully saturated rings. The average Bonchev–Trinajstić information content (AvgIpc) is 3.33. The summed E-state index contributed by atoms with van der Waals surface area (Å²) >= 11 is 0. The van der Waals surface area contributed by atoms with Gasteiger partial charge in [0.25, 0.3) is 0 Å². The molecule has 0 spiro atoms. The Morgan fingerprint density at radius 1 is 1.27 bits per heavy atom. The summed E-state index contributed by atoms with van der Waals surface area (Å²) in [7, 11) is 0. The van der Waals surface area contributed by atoms with E-state index >= 15 is 0 Å². The summed E-state index contributed by atoms with van der Waals surface area (Å²) in [4.78, 5) is 25.8. The molecule has 11 heteroatoms. The Balaban J connectivity index is 1.73. The maximum atomic E-state index is 11.5. The van der Waals surface area contributed by atoms with E-state index in [2.05, 4.69) is 15.0 Å². The summed E-state index contributed by atoms with van der Waals surface area (Å²) in [6, 6.07) is -0.674. The highest BCUT2D eigenvalue weighted by atomic mass is 16.6. The summed E-state index contributed by atoms with van der Waals surface area (Å²) < 4.78 is 6.97. The number of aliphatic hydroxyl groups is 3. The Hall–Kier alpha value is -2.34. The Morgan fingerprint density at radius 2 is 2.08 bits per heavy atom. The van der Waals surface area contributed by atoms with Gasteiger partial charge >= 0.3 is 5.97 Å². The van der Waals surface area contributed by atoms with E-state index < -0.39 is 43.2 Å². The van der Waals surface area contributed by atoms with Crippen LogP contribution in [0.4, 0.5) is 5.82 Å². The molecule has 0 aliphatic carbocycles. The lowest BCUT2D eigenvalue weighted by atomic mass is 10.1. The summed E-state index contributed by atoms with van der Waals surface area (Å²) in [6.07, 6.45) is -0.426. The van der Waals surface area contributed by atoms with Crippen LogP contribution in [0.15, 0.2) is 12.7 Å². The van der Waals surface area contributed by atoms with Crippen molar-refractivity contribution in [3.05, 3.63) is 12.7 Å². The first kappa shape index (κ1) is 17.1. The van der Waals surface area contributed by atoms with E-state index in [4.69, 9.17) is 4.74 Å². The van der Waals surface area contributed by atoms with Gasteiger partial charge in [-0.15, -0.1) is 0 Å². The molecule has 2 unspecified atom stereocenters. The van der Waals surface area contributed by atoms with Crippen molar-refractivity contribution in [3.63, 3.8) is 0 Å². The van der Waals surface area contributed by atoms with Crippen LogP contribution in [0.2, 0.25) is 0 Å². The summed E-state index contributed by atoms with van der Waals surface area (Å²) in [6.45, 7) is 0.111. The number of ether oxygens (including phenoxy) is 1. The first-order valence-electron chi connectivity index (χ1n) is 8.32. The number of carbonyl (C=O) groups is 1. The van der Waals surface area contributed by atoms with E-state index in [0.29, 0.717) is 29.9 Å². The lowest BCUT2D eigenvalue weighted by molar-refractivity contribution is -0.138. The highest BCUT2D eigenvalue weighted by Gasteiger charge is 2.44. The quantitative estimate of drug-likeness (QED) is 0.503. The van der Waals surface area contributed by atoms with E-state index in [-0.39, 0.29) is 0 Å². The topological polar surface area (TPSA) is 154 Å². The van der Waals surface area contributed by atoms with Crippen LogP contribution in [0.3, 0.4) is 0 Å². The molecule has 2 saturated heterocycles. The Labute approximate surface area is 147 Å². The molecule has 2 aliphatic rings. The highest BCUT2D eigenvalue weighted by molar-refractivity contribution is 5.87. The average molecular weight is 365 g/mol. The van der Waals surface area contributed by atoms with Crippen molar-refractivity contribution < 1.29 is 30.0 Å². The molecule has 2 aromatic rings. The minimum Gasteiger partial charge on any atom is -0.480 e. The van der Waals surface area contributed by atoms with Crippen LogP contribution in [0, 0.1) is 0 Å². The first-order valence-corrected chi connectivity index (χ1v) is 8.32. The molecule has 0 aromatic carbocycles. The molecule has 26 heavy (non-hydrogen) atoms. The molecule has 4 heterocycles. The molecule has 4 rings (SSSR count). The second kappa shape index (κ2) is 6.43. The van der Waals surface area contributed by atoms with Crippen molar-refractivity contribution in [1.29, 1.82) is 0 Å². The fourth-order valence-corrected chi connectivity index (χ4v) is 3.62. The van der Waals surface area contributed by atoms with Crippen LogP contribution < -0.4 is 4.90 Å². The SMILES string of the molecule is O=C(O)[C@H]1CCCN1c1ncnc2c1ncn2[C@@H]1O[C@H](CO)C(O)C1O. The highest BCUT2D eigenvalue weighted by Crippen LogP contribution is 2.34. The van der Waals surface area contributed by atoms with E-state index in [1.54, 1.807) is 4.90 Å². The fraction of sp³-hybridized carbons (Fsp3) is 0.600. The third-order valence-electron chi connectivity index (χ3n) is 4.94. The smallest absolute Gasteiger partial charge is 0.326 e. The summed E-state index contributed by atoms with van der Waals surface area (Å²) in [5.74, 6) is -0.512. The van der Waals surface area contributed by atoms with E-state index in [1.807, 2.05) is 0 Å². The summed E-state index contributed by atoms with van der Waals surface area (Å²) in [5.41, 5.74) is 0.735. The zero-order chi connectivity index (χ0) is 18.4. The van der Waals surface area contributed by atoms with Gasteiger partial charge in [-0.25, -0.2) is 19.7 Å². The normalized spacial score (nSPS) is 31.8. The Kier molecular flexibility index (Phi) is 4.23. The number of hydrogen-bond acceptors (Lipinski definition) is 9. The van der Waals surface area contributed by atoms with Crippen molar-refractivity contribution in [1.82, 2.24) is 19.5 Å². The largest absolute Gasteiger partial charge is 0.480 e. The second-order valence-electron chi connectivity index (χ2n) is 6.44. The number of aromatic nitrogens is 4. The number of aliphatic hydroxyl groups excluding tert-OH is 3. The minimum absolute atomic E-state index is 0.348. The molecular weight excluding hydrogens is 346 g/mol. The van der Waals surface area contributed by atoms with Gasteiger partial charge in [0, 0.05) is 6.54 Å². The number of carboxylic acids is 1. The maximum Gasteiger partial charge on any atom is 0.326 e. The third-order valence-corrected chi connectivity index (χ3v) is 4.94. The molecule has 2 aromatic heterocycles. The molecule has 140 valence electrons.